The van der Waals surface area contributed by atoms with E-state index in [-0.39, 0.29) is 0 Å². The maximum Gasteiger partial charge on any atom is -0.00266 e. The van der Waals surface area contributed by atoms with Gasteiger partial charge in [-0.2, -0.15) is 0 Å². The normalized spacial score (nSPS) is 10.8. The highest BCUT2D eigenvalue weighted by molar-refractivity contribution is 6.15. The fourth-order valence-corrected chi connectivity index (χ4v) is 7.16. The van der Waals surface area contributed by atoms with Crippen molar-refractivity contribution < 1.29 is 0 Å². The van der Waals surface area contributed by atoms with Crippen LogP contribution < -0.4 is 0 Å². The lowest BCUT2D eigenvalue weighted by Gasteiger charge is -2.16. The van der Waals surface area contributed by atoms with Gasteiger partial charge >= 0.3 is 0 Å². The summed E-state index contributed by atoms with van der Waals surface area (Å²) in [6, 6.07) is 54.4. The maximum atomic E-state index is 2.30. The topological polar surface area (TPSA) is 0 Å². The molecule has 0 bridgehead atoms. The van der Waals surface area contributed by atoms with Crippen molar-refractivity contribution in [2.24, 2.45) is 0 Å². The zero-order chi connectivity index (χ0) is 47.2. The van der Waals surface area contributed by atoms with Crippen LogP contribution in [0.4, 0.5) is 0 Å². The second kappa shape index (κ2) is 31.8. The van der Waals surface area contributed by atoms with Gasteiger partial charge in [0.2, 0.25) is 0 Å². The summed E-state index contributed by atoms with van der Waals surface area (Å²) < 4.78 is 0. The van der Waals surface area contributed by atoms with E-state index in [1.54, 1.807) is 0 Å². The summed E-state index contributed by atoms with van der Waals surface area (Å²) in [4.78, 5) is 0. The predicted molar refractivity (Wildman–Crippen MR) is 291 cm³/mol. The first-order valence-corrected chi connectivity index (χ1v) is 23.7. The molecule has 0 unspecified atom stereocenters. The molecule has 0 saturated heterocycles. The zero-order valence-electron chi connectivity index (χ0n) is 42.0. The molecule has 0 saturated carbocycles. The fourth-order valence-electron chi connectivity index (χ4n) is 7.16. The van der Waals surface area contributed by atoms with Gasteiger partial charge in [0.05, 0.1) is 0 Å². The summed E-state index contributed by atoms with van der Waals surface area (Å²) >= 11 is 0. The monoisotopic (exact) mass is 837 g/mol. The molecule has 0 aliphatic carbocycles. The lowest BCUT2D eigenvalue weighted by atomic mass is 9.87. The third-order valence-corrected chi connectivity index (χ3v) is 10.1. The van der Waals surface area contributed by atoms with E-state index in [0.717, 1.165) is 6.42 Å². The Labute approximate surface area is 385 Å². The van der Waals surface area contributed by atoms with Gasteiger partial charge in [0.25, 0.3) is 0 Å². The molecule has 7 aromatic rings. The summed E-state index contributed by atoms with van der Waals surface area (Å²) in [7, 11) is 0. The van der Waals surface area contributed by atoms with Crippen molar-refractivity contribution in [2.75, 3.05) is 0 Å². The molecule has 0 aliphatic heterocycles. The van der Waals surface area contributed by atoms with Crippen molar-refractivity contribution >= 4 is 32.7 Å². The molecule has 7 rings (SSSR count). The molecule has 7 aromatic carbocycles. The molecule has 0 nitrogen and oxygen atoms in total. The zero-order valence-corrected chi connectivity index (χ0v) is 42.0. The molecule has 0 amide bonds. The van der Waals surface area contributed by atoms with E-state index in [1.807, 2.05) is 69.2 Å². The van der Waals surface area contributed by atoms with Crippen molar-refractivity contribution in [1.82, 2.24) is 0 Å². The van der Waals surface area contributed by atoms with Crippen LogP contribution in [-0.4, -0.2) is 0 Å². The highest BCUT2D eigenvalue weighted by Crippen LogP contribution is 2.39. The Morgan fingerprint density at radius 3 is 1.48 bits per heavy atom. The van der Waals surface area contributed by atoms with Gasteiger partial charge in [0.15, 0.2) is 0 Å². The van der Waals surface area contributed by atoms with Crippen LogP contribution in [-0.2, 0) is 6.42 Å². The summed E-state index contributed by atoms with van der Waals surface area (Å²) in [5.41, 5.74) is 15.7. The molecule has 0 heterocycles. The van der Waals surface area contributed by atoms with Crippen LogP contribution in [0.1, 0.15) is 125 Å². The van der Waals surface area contributed by atoms with Crippen molar-refractivity contribution in [3.05, 3.63) is 215 Å². The minimum absolute atomic E-state index is 0.897. The van der Waals surface area contributed by atoms with E-state index in [2.05, 4.69) is 224 Å². The molecule has 0 N–H and O–H groups in total. The standard InChI is InChI=1S/C33H28.C20H22.5C2H6/c1-24-13-12-17-27(23-24)25(2)14-6-7-18-28-29-19-8-10-21-31(29)33(26-15-4-3-5-16-26)32-22-11-9-20-30(28)32;1-5-9-15(2)17(4)20-14-19(13-12-16(20)3)18-10-7-6-8-11-18;5*1-2/h3-17,19-23H,18H2,1-2H3;5-14H,1-4H3;5*1-2H3/b7-6-,25-14+;9-5-,17-15+;;;;;. The number of hydrogen-bond acceptors (Lipinski definition) is 0. The predicted octanol–water partition coefficient (Wildman–Crippen LogP) is 20.3. The second-order valence-corrected chi connectivity index (χ2v) is 13.9. The van der Waals surface area contributed by atoms with Gasteiger partial charge in [-0.25, -0.2) is 0 Å². The van der Waals surface area contributed by atoms with E-state index in [9.17, 15) is 0 Å². The SMILES string of the molecule is C/C(=C\C=C/Cc1c2ccccc2c(-c2ccccc2)c2ccccc12)c1cccc(C)c1.C/C=C\C(C)=C(/C)c1cc(-c2ccccc2)ccc1C.CC.CC.CC.CC.CC. The van der Waals surface area contributed by atoms with Gasteiger partial charge in [-0.05, 0) is 137 Å². The summed E-state index contributed by atoms with van der Waals surface area (Å²) in [6.07, 6.45) is 11.9. The molecule has 0 radical (unpaired) electrons. The minimum Gasteiger partial charge on any atom is -0.0874 e. The van der Waals surface area contributed by atoms with Gasteiger partial charge in [0.1, 0.15) is 0 Å². The summed E-state index contributed by atoms with van der Waals surface area (Å²) in [6.45, 7) is 32.9. The number of allylic oxidation sites excluding steroid dienone is 8. The fraction of sp³-hybridized carbons (Fsp3) is 0.270. The lowest BCUT2D eigenvalue weighted by molar-refractivity contribution is 1.33. The molecule has 0 atom stereocenters. The summed E-state index contributed by atoms with van der Waals surface area (Å²) in [5, 5.41) is 5.30. The Balaban J connectivity index is 0.000000568. The first kappa shape index (κ1) is 55.0. The molecule has 332 valence electrons. The Hall–Kier alpha value is -5.98. The third-order valence-electron chi connectivity index (χ3n) is 10.1. The van der Waals surface area contributed by atoms with Crippen molar-refractivity contribution in [3.63, 3.8) is 0 Å². The minimum atomic E-state index is 0.897. The highest BCUT2D eigenvalue weighted by atomic mass is 14.2. The number of fused-ring (bicyclic) bond motifs is 2. The second-order valence-electron chi connectivity index (χ2n) is 13.9. The number of benzene rings is 7. The molecule has 0 aliphatic rings. The molecular weight excluding hydrogens is 757 g/mol. The number of hydrogen-bond donors (Lipinski definition) is 0. The van der Waals surface area contributed by atoms with Gasteiger partial charge in [-0.3, -0.25) is 0 Å². The smallest absolute Gasteiger partial charge is 0.00266 e. The molecule has 0 aromatic heterocycles. The van der Waals surface area contributed by atoms with E-state index in [4.69, 9.17) is 0 Å². The van der Waals surface area contributed by atoms with Crippen LogP contribution in [0.2, 0.25) is 0 Å². The van der Waals surface area contributed by atoms with Crippen LogP contribution in [0, 0.1) is 13.8 Å². The van der Waals surface area contributed by atoms with E-state index in [0.29, 0.717) is 0 Å². The first-order valence-electron chi connectivity index (χ1n) is 23.7. The van der Waals surface area contributed by atoms with Crippen molar-refractivity contribution in [3.8, 4) is 22.3 Å². The molecule has 0 heteroatoms. The van der Waals surface area contributed by atoms with E-state index >= 15 is 0 Å². The Bertz CT molecular complexity index is 2390. The van der Waals surface area contributed by atoms with Gasteiger partial charge in [-0.1, -0.05) is 251 Å². The quantitative estimate of drug-likeness (QED) is 0.106. The van der Waals surface area contributed by atoms with Crippen LogP contribution in [0.25, 0.3) is 54.9 Å². The third kappa shape index (κ3) is 16.0. The van der Waals surface area contributed by atoms with Crippen LogP contribution >= 0.6 is 0 Å². The van der Waals surface area contributed by atoms with Gasteiger partial charge in [-0.15, -0.1) is 0 Å². The molecule has 0 spiro atoms. The number of rotatable bonds is 8. The average Bonchev–Trinajstić information content (AvgIpc) is 3.36. The maximum absolute atomic E-state index is 2.30. The van der Waals surface area contributed by atoms with Crippen LogP contribution in [0.5, 0.6) is 0 Å². The number of aryl methyl sites for hydroxylation is 2. The van der Waals surface area contributed by atoms with E-state index < -0.39 is 0 Å². The average molecular weight is 837 g/mol. The molecule has 0 fully saturated rings. The van der Waals surface area contributed by atoms with Crippen molar-refractivity contribution in [2.45, 2.75) is 117 Å². The largest absolute Gasteiger partial charge is 0.0874 e. The molecular formula is C63H80. The van der Waals surface area contributed by atoms with Crippen LogP contribution in [0.15, 0.2) is 188 Å². The Kier molecular flexibility index (Phi) is 27.8. The Morgan fingerprint density at radius 2 is 0.968 bits per heavy atom. The van der Waals surface area contributed by atoms with Gasteiger partial charge < -0.3 is 0 Å². The van der Waals surface area contributed by atoms with Crippen LogP contribution in [0.3, 0.4) is 0 Å². The first-order chi connectivity index (χ1) is 30.9. The summed E-state index contributed by atoms with van der Waals surface area (Å²) in [5.74, 6) is 0. The highest BCUT2D eigenvalue weighted by Gasteiger charge is 2.14. The lowest BCUT2D eigenvalue weighted by Crippen LogP contribution is -1.92. The molecule has 63 heavy (non-hydrogen) atoms. The van der Waals surface area contributed by atoms with Gasteiger partial charge in [0, 0.05) is 0 Å². The van der Waals surface area contributed by atoms with E-state index in [1.165, 1.54) is 88.3 Å². The Morgan fingerprint density at radius 1 is 0.476 bits per heavy atom. The van der Waals surface area contributed by atoms with Crippen molar-refractivity contribution in [1.29, 1.82) is 0 Å².